The molecule has 0 heterocycles. The molecule has 0 radical (unpaired) electrons. The zero-order chi connectivity index (χ0) is 17.6. The number of halogens is 3. The second kappa shape index (κ2) is 6.11. The Morgan fingerprint density at radius 1 is 1.09 bits per heavy atom. The molecule has 2 rings (SSSR count). The summed E-state index contributed by atoms with van der Waals surface area (Å²) in [6.45, 7) is 0. The monoisotopic (exact) mass is 443 g/mol. The molecule has 0 aliphatic carbocycles. The summed E-state index contributed by atoms with van der Waals surface area (Å²) < 4.78 is 70.2. The molecule has 6 nitrogen and oxygen atoms in total. The lowest BCUT2D eigenvalue weighted by molar-refractivity contribution is 0.483. The van der Waals surface area contributed by atoms with E-state index in [9.17, 15) is 25.8 Å². The van der Waals surface area contributed by atoms with Gasteiger partial charge in [0.1, 0.15) is 10.7 Å². The largest absolute Gasteiger partial charge is 0.295 e. The van der Waals surface area contributed by atoms with Gasteiger partial charge in [0.05, 0.1) is 4.90 Å². The molecule has 0 unspecified atom stereocenters. The van der Waals surface area contributed by atoms with Crippen LogP contribution in [-0.2, 0) is 20.1 Å². The third-order valence-electron chi connectivity index (χ3n) is 2.83. The normalized spacial score (nSPS) is 12.4. The molecule has 0 atom stereocenters. The van der Waals surface area contributed by atoms with Crippen LogP contribution in [0.1, 0.15) is 0 Å². The fourth-order valence-corrected chi connectivity index (χ4v) is 4.51. The molecule has 0 saturated heterocycles. The van der Waals surface area contributed by atoms with Gasteiger partial charge in [-0.2, -0.15) is 8.42 Å². The van der Waals surface area contributed by atoms with Crippen molar-refractivity contribution in [1.82, 2.24) is 0 Å². The van der Waals surface area contributed by atoms with Crippen molar-refractivity contribution in [2.24, 2.45) is 5.14 Å². The number of rotatable bonds is 3. The Kier molecular flexibility index (Phi) is 4.86. The summed E-state index contributed by atoms with van der Waals surface area (Å²) in [7, 11) is -9.25. The van der Waals surface area contributed by atoms with Gasteiger partial charge in [0.25, 0.3) is 10.1 Å². The molecule has 11 heteroatoms. The molecule has 2 aromatic carbocycles. The molecule has 2 aromatic rings. The maximum absolute atomic E-state index is 14.3. The molecule has 0 amide bonds. The van der Waals surface area contributed by atoms with Crippen LogP contribution in [0.25, 0.3) is 11.1 Å². The lowest BCUT2D eigenvalue weighted by atomic mass is 10.0. The number of hydrogen-bond acceptors (Lipinski definition) is 4. The van der Waals surface area contributed by atoms with Crippen molar-refractivity contribution in [2.45, 2.75) is 9.79 Å². The smallest absolute Gasteiger partial charge is 0.282 e. The number of hydrogen-bond donors (Lipinski definition) is 2. The summed E-state index contributed by atoms with van der Waals surface area (Å²) >= 11 is 8.69. The van der Waals surface area contributed by atoms with Crippen molar-refractivity contribution >= 4 is 47.7 Å². The highest BCUT2D eigenvalue weighted by molar-refractivity contribution is 9.10. The summed E-state index contributed by atoms with van der Waals surface area (Å²) in [4.78, 5) is -1.46. The molecule has 3 N–H and O–H groups in total. The van der Waals surface area contributed by atoms with Gasteiger partial charge in [0.15, 0.2) is 0 Å². The Bertz CT molecular complexity index is 935. The summed E-state index contributed by atoms with van der Waals surface area (Å²) in [5.41, 5.74) is -0.995. The minimum atomic E-state index is -4.85. The SMILES string of the molecule is NS(=O)(=O)c1cccc(S(=O)(=O)O)c1-c1c(F)cc(Cl)cc1Br. The maximum Gasteiger partial charge on any atom is 0.295 e. The van der Waals surface area contributed by atoms with E-state index in [-0.39, 0.29) is 9.50 Å². The third kappa shape index (κ3) is 3.73. The van der Waals surface area contributed by atoms with Gasteiger partial charge in [-0.3, -0.25) is 4.55 Å². The van der Waals surface area contributed by atoms with Crippen LogP contribution in [-0.4, -0.2) is 21.4 Å². The van der Waals surface area contributed by atoms with Crippen LogP contribution in [0.3, 0.4) is 0 Å². The Hall–Kier alpha value is -1.04. The van der Waals surface area contributed by atoms with Gasteiger partial charge in [-0.25, -0.2) is 17.9 Å². The number of benzene rings is 2. The highest BCUT2D eigenvalue weighted by Gasteiger charge is 2.28. The van der Waals surface area contributed by atoms with E-state index < -0.39 is 46.9 Å². The molecule has 0 aromatic heterocycles. The minimum Gasteiger partial charge on any atom is -0.282 e. The van der Waals surface area contributed by atoms with Gasteiger partial charge in [-0.05, 0) is 40.2 Å². The molecular formula is C12H8BrClFNO5S2. The van der Waals surface area contributed by atoms with Crippen LogP contribution in [0.15, 0.2) is 44.6 Å². The molecule has 0 aliphatic heterocycles. The molecule has 0 bridgehead atoms. The number of sulfonamides is 1. The second-order valence-electron chi connectivity index (χ2n) is 4.39. The van der Waals surface area contributed by atoms with Crippen LogP contribution in [0.4, 0.5) is 4.39 Å². The van der Waals surface area contributed by atoms with Crippen molar-refractivity contribution in [3.05, 3.63) is 45.6 Å². The third-order valence-corrected chi connectivity index (χ3v) is 5.52. The van der Waals surface area contributed by atoms with Crippen LogP contribution in [0, 0.1) is 5.82 Å². The lowest BCUT2D eigenvalue weighted by Gasteiger charge is -2.14. The number of primary sulfonamides is 1. The zero-order valence-electron chi connectivity index (χ0n) is 11.0. The van der Waals surface area contributed by atoms with E-state index >= 15 is 0 Å². The van der Waals surface area contributed by atoms with Crippen LogP contribution in [0.5, 0.6) is 0 Å². The summed E-state index contributed by atoms with van der Waals surface area (Å²) in [5, 5.41) is 5.07. The van der Waals surface area contributed by atoms with Gasteiger partial charge in [-0.1, -0.05) is 17.7 Å². The average Bonchev–Trinajstić information content (AvgIpc) is 2.35. The standard InChI is InChI=1S/C12H8BrClFNO5S2/c13-7-4-6(14)5-8(15)11(7)12-9(22(16,17)18)2-1-3-10(12)23(19,20)21/h1-5H,(H2,16,17,18)(H,19,20,21). The van der Waals surface area contributed by atoms with Crippen LogP contribution in [0.2, 0.25) is 5.02 Å². The van der Waals surface area contributed by atoms with Crippen LogP contribution < -0.4 is 5.14 Å². The first kappa shape index (κ1) is 18.3. The Morgan fingerprint density at radius 2 is 1.65 bits per heavy atom. The van der Waals surface area contributed by atoms with Gasteiger partial charge in [0, 0.05) is 20.6 Å². The average molecular weight is 445 g/mol. The Balaban J connectivity index is 3.08. The summed E-state index contributed by atoms with van der Waals surface area (Å²) in [6.07, 6.45) is 0. The first-order valence-electron chi connectivity index (χ1n) is 5.71. The van der Waals surface area contributed by atoms with E-state index in [1.807, 2.05) is 0 Å². The molecule has 0 aliphatic rings. The van der Waals surface area contributed by atoms with Crippen molar-refractivity contribution in [1.29, 1.82) is 0 Å². The fourth-order valence-electron chi connectivity index (χ4n) is 1.99. The summed E-state index contributed by atoms with van der Waals surface area (Å²) in [6, 6.07) is 5.11. The molecule has 0 spiro atoms. The molecule has 124 valence electrons. The van der Waals surface area contributed by atoms with Gasteiger partial charge >= 0.3 is 0 Å². The van der Waals surface area contributed by atoms with E-state index in [1.165, 1.54) is 6.07 Å². The van der Waals surface area contributed by atoms with Crippen molar-refractivity contribution < 1.29 is 25.8 Å². The first-order valence-corrected chi connectivity index (χ1v) is 9.87. The Morgan fingerprint density at radius 3 is 2.13 bits per heavy atom. The highest BCUT2D eigenvalue weighted by atomic mass is 79.9. The minimum absolute atomic E-state index is 0.000354. The van der Waals surface area contributed by atoms with Gasteiger partial charge in [-0.15, -0.1) is 0 Å². The first-order chi connectivity index (χ1) is 10.4. The van der Waals surface area contributed by atoms with E-state index in [0.29, 0.717) is 0 Å². The van der Waals surface area contributed by atoms with E-state index in [1.54, 1.807) is 0 Å². The van der Waals surface area contributed by atoms with E-state index in [2.05, 4.69) is 15.9 Å². The van der Waals surface area contributed by atoms with E-state index in [4.69, 9.17) is 16.7 Å². The molecule has 23 heavy (non-hydrogen) atoms. The topological polar surface area (TPSA) is 115 Å². The Labute approximate surface area is 145 Å². The van der Waals surface area contributed by atoms with Crippen molar-refractivity contribution in [2.75, 3.05) is 0 Å². The van der Waals surface area contributed by atoms with Crippen LogP contribution >= 0.6 is 27.5 Å². The quantitative estimate of drug-likeness (QED) is 0.707. The van der Waals surface area contributed by atoms with Gasteiger partial charge in [0.2, 0.25) is 10.0 Å². The number of nitrogens with two attached hydrogens (primary N) is 1. The fraction of sp³-hybridized carbons (Fsp3) is 0. The molecule has 0 fully saturated rings. The van der Waals surface area contributed by atoms with Crippen molar-refractivity contribution in [3.63, 3.8) is 0 Å². The second-order valence-corrected chi connectivity index (χ2v) is 8.60. The predicted molar refractivity (Wildman–Crippen MR) is 85.7 cm³/mol. The zero-order valence-corrected chi connectivity index (χ0v) is 15.0. The van der Waals surface area contributed by atoms with Gasteiger partial charge < -0.3 is 0 Å². The molecular weight excluding hydrogens is 437 g/mol. The highest BCUT2D eigenvalue weighted by Crippen LogP contribution is 2.40. The maximum atomic E-state index is 14.3. The van der Waals surface area contributed by atoms with Crippen molar-refractivity contribution in [3.8, 4) is 11.1 Å². The summed E-state index contributed by atoms with van der Waals surface area (Å²) in [5.74, 6) is -0.995. The predicted octanol–water partition coefficient (Wildman–Crippen LogP) is 2.80. The van der Waals surface area contributed by atoms with E-state index in [0.717, 1.165) is 24.3 Å². The lowest BCUT2D eigenvalue weighted by Crippen LogP contribution is -2.15. The molecule has 0 saturated carbocycles.